The van der Waals surface area contributed by atoms with Crippen LogP contribution < -0.4 is 10.6 Å². The number of hydrogen-bond donors (Lipinski definition) is 2. The first kappa shape index (κ1) is 6.79. The quantitative estimate of drug-likeness (QED) is 0.461. The van der Waals surface area contributed by atoms with Crippen LogP contribution in [0.3, 0.4) is 0 Å². The zero-order valence-corrected chi connectivity index (χ0v) is 6.14. The van der Waals surface area contributed by atoms with Gasteiger partial charge in [-0.3, -0.25) is 9.59 Å². The van der Waals surface area contributed by atoms with Crippen LogP contribution in [-0.4, -0.2) is 30.3 Å². The number of hydrogen-bond acceptors (Lipinski definition) is 3. The number of carbonyl (C=O) groups excluding carboxylic acids is 2. The Hall–Kier alpha value is -0.900. The average molecular weight is 154 g/mol. The Bertz CT molecular complexity index is 220. The minimum Gasteiger partial charge on any atom is -0.341 e. The summed E-state index contributed by atoms with van der Waals surface area (Å²) in [4.78, 5) is 22.2. The van der Waals surface area contributed by atoms with Gasteiger partial charge >= 0.3 is 0 Å². The van der Waals surface area contributed by atoms with Gasteiger partial charge in [0.1, 0.15) is 5.54 Å². The predicted octanol–water partition coefficient (Wildman–Crippen LogP) is -1.19. The van der Waals surface area contributed by atoms with Crippen LogP contribution in [0.25, 0.3) is 0 Å². The van der Waals surface area contributed by atoms with Gasteiger partial charge in [0, 0.05) is 25.9 Å². The van der Waals surface area contributed by atoms with Gasteiger partial charge in [0.25, 0.3) is 0 Å². The minimum absolute atomic E-state index is 0.00565. The number of carbonyl (C=O) groups is 2. The van der Waals surface area contributed by atoms with Gasteiger partial charge in [0.15, 0.2) is 5.78 Å². The molecule has 0 radical (unpaired) electrons. The van der Waals surface area contributed by atoms with Gasteiger partial charge in [-0.05, 0) is 0 Å². The Kier molecular flexibility index (Phi) is 1.26. The largest absolute Gasteiger partial charge is 0.341 e. The van der Waals surface area contributed by atoms with Gasteiger partial charge in [-0.15, -0.1) is 0 Å². The fourth-order valence-electron chi connectivity index (χ4n) is 1.53. The van der Waals surface area contributed by atoms with E-state index in [9.17, 15) is 9.59 Å². The van der Waals surface area contributed by atoms with Crippen molar-refractivity contribution >= 4 is 11.7 Å². The molecule has 1 amide bonds. The van der Waals surface area contributed by atoms with Gasteiger partial charge in [-0.25, -0.2) is 0 Å². The zero-order valence-electron chi connectivity index (χ0n) is 6.14. The molecule has 11 heavy (non-hydrogen) atoms. The number of nitrogens with one attached hydrogen (secondary N) is 2. The van der Waals surface area contributed by atoms with E-state index < -0.39 is 5.54 Å². The maximum absolute atomic E-state index is 11.3. The Morgan fingerprint density at radius 2 is 1.91 bits per heavy atom. The molecule has 2 rings (SSSR count). The maximum atomic E-state index is 11.3. The molecule has 4 heteroatoms. The van der Waals surface area contributed by atoms with Crippen molar-refractivity contribution in [3.05, 3.63) is 0 Å². The molecule has 2 N–H and O–H groups in total. The molecule has 2 fully saturated rings. The van der Waals surface area contributed by atoms with Crippen molar-refractivity contribution < 1.29 is 9.59 Å². The summed E-state index contributed by atoms with van der Waals surface area (Å²) in [5, 5.41) is 5.72. The van der Waals surface area contributed by atoms with E-state index in [-0.39, 0.29) is 11.7 Å². The molecule has 1 spiro atoms. The molecule has 0 aromatic heterocycles. The monoisotopic (exact) mass is 154 g/mol. The van der Waals surface area contributed by atoms with Gasteiger partial charge in [0.2, 0.25) is 5.91 Å². The molecule has 60 valence electrons. The summed E-state index contributed by atoms with van der Waals surface area (Å²) in [6.45, 7) is 1.22. The van der Waals surface area contributed by atoms with Crippen LogP contribution in [0.2, 0.25) is 0 Å². The summed E-state index contributed by atoms with van der Waals surface area (Å²) < 4.78 is 0. The van der Waals surface area contributed by atoms with E-state index in [1.54, 1.807) is 0 Å². The molecule has 0 aliphatic carbocycles. The van der Waals surface area contributed by atoms with Crippen LogP contribution in [0.5, 0.6) is 0 Å². The lowest BCUT2D eigenvalue weighted by Crippen LogP contribution is -2.74. The molecule has 0 bridgehead atoms. The van der Waals surface area contributed by atoms with Gasteiger partial charge in [-0.1, -0.05) is 0 Å². The van der Waals surface area contributed by atoms with Crippen molar-refractivity contribution in [1.29, 1.82) is 0 Å². The number of rotatable bonds is 0. The Labute approximate surface area is 64.3 Å². The SMILES string of the molecule is O=C1CCC(=O)C2(CNC2)N1. The fraction of sp³-hybridized carbons (Fsp3) is 0.714. The van der Waals surface area contributed by atoms with Crippen molar-refractivity contribution in [2.75, 3.05) is 13.1 Å². The normalized spacial score (nSPS) is 28.0. The van der Waals surface area contributed by atoms with Crippen LogP contribution in [0, 0.1) is 0 Å². The molecule has 0 aromatic rings. The highest BCUT2D eigenvalue weighted by molar-refractivity contribution is 5.99. The lowest BCUT2D eigenvalue weighted by atomic mass is 9.82. The van der Waals surface area contributed by atoms with Crippen LogP contribution >= 0.6 is 0 Å². The molecule has 0 atom stereocenters. The number of Topliss-reactive ketones (excluding diaryl/α,β-unsaturated/α-hetero) is 1. The third-order valence-electron chi connectivity index (χ3n) is 2.35. The van der Waals surface area contributed by atoms with Crippen LogP contribution in [-0.2, 0) is 9.59 Å². The summed E-state index contributed by atoms with van der Waals surface area (Å²) in [5.41, 5.74) is -0.519. The molecule has 0 unspecified atom stereocenters. The molecule has 2 aliphatic heterocycles. The van der Waals surface area contributed by atoms with Crippen LogP contribution in [0.15, 0.2) is 0 Å². The van der Waals surface area contributed by atoms with Crippen molar-refractivity contribution in [3.63, 3.8) is 0 Å². The lowest BCUT2D eigenvalue weighted by Gasteiger charge is -2.43. The molecule has 4 nitrogen and oxygen atoms in total. The molecular formula is C7H10N2O2. The molecular weight excluding hydrogens is 144 g/mol. The highest BCUT2D eigenvalue weighted by Gasteiger charge is 2.47. The van der Waals surface area contributed by atoms with E-state index in [2.05, 4.69) is 10.6 Å². The summed E-state index contributed by atoms with van der Waals surface area (Å²) in [6, 6.07) is 0. The highest BCUT2D eigenvalue weighted by atomic mass is 16.2. The second-order valence-corrected chi connectivity index (χ2v) is 3.16. The minimum atomic E-state index is -0.519. The molecule has 2 saturated heterocycles. The average Bonchev–Trinajstić information content (AvgIpc) is 1.91. The Morgan fingerprint density at radius 3 is 2.36 bits per heavy atom. The second-order valence-electron chi connectivity index (χ2n) is 3.16. The van der Waals surface area contributed by atoms with E-state index in [1.165, 1.54) is 0 Å². The number of piperidine rings is 1. The first-order chi connectivity index (χ1) is 5.23. The predicted molar refractivity (Wildman–Crippen MR) is 38.0 cm³/mol. The fourth-order valence-corrected chi connectivity index (χ4v) is 1.53. The number of ketones is 1. The lowest BCUT2D eigenvalue weighted by molar-refractivity contribution is -0.139. The third kappa shape index (κ3) is 0.860. The topological polar surface area (TPSA) is 58.2 Å². The first-order valence-electron chi connectivity index (χ1n) is 3.78. The van der Waals surface area contributed by atoms with E-state index in [4.69, 9.17) is 0 Å². The molecule has 0 aromatic carbocycles. The van der Waals surface area contributed by atoms with Gasteiger partial charge < -0.3 is 10.6 Å². The number of amides is 1. The van der Waals surface area contributed by atoms with E-state index in [1.807, 2.05) is 0 Å². The van der Waals surface area contributed by atoms with Crippen molar-refractivity contribution in [3.8, 4) is 0 Å². The van der Waals surface area contributed by atoms with E-state index in [0.29, 0.717) is 25.9 Å². The Morgan fingerprint density at radius 1 is 1.18 bits per heavy atom. The van der Waals surface area contributed by atoms with E-state index >= 15 is 0 Å². The molecule has 2 aliphatic rings. The molecule has 2 heterocycles. The summed E-state index contributed by atoms with van der Waals surface area (Å²) >= 11 is 0. The van der Waals surface area contributed by atoms with E-state index in [0.717, 1.165) is 0 Å². The van der Waals surface area contributed by atoms with Crippen LogP contribution in [0.1, 0.15) is 12.8 Å². The third-order valence-corrected chi connectivity index (χ3v) is 2.35. The second kappa shape index (κ2) is 2.04. The standard InChI is InChI=1S/C7H10N2O2/c10-5-1-2-6(11)9-7(5)3-8-4-7/h8H,1-4H2,(H,9,11). The summed E-state index contributed by atoms with van der Waals surface area (Å²) in [7, 11) is 0. The van der Waals surface area contributed by atoms with Gasteiger partial charge in [-0.2, -0.15) is 0 Å². The highest BCUT2D eigenvalue weighted by Crippen LogP contribution is 2.19. The van der Waals surface area contributed by atoms with Crippen LogP contribution in [0.4, 0.5) is 0 Å². The van der Waals surface area contributed by atoms with Crippen molar-refractivity contribution in [1.82, 2.24) is 10.6 Å². The first-order valence-corrected chi connectivity index (χ1v) is 3.78. The zero-order chi connectivity index (χ0) is 7.90. The van der Waals surface area contributed by atoms with Crippen molar-refractivity contribution in [2.45, 2.75) is 18.4 Å². The smallest absolute Gasteiger partial charge is 0.221 e. The molecule has 0 saturated carbocycles. The summed E-state index contributed by atoms with van der Waals surface area (Å²) in [6.07, 6.45) is 0.772. The maximum Gasteiger partial charge on any atom is 0.221 e. The van der Waals surface area contributed by atoms with Gasteiger partial charge in [0.05, 0.1) is 0 Å². The summed E-state index contributed by atoms with van der Waals surface area (Å²) in [5.74, 6) is 0.182. The van der Waals surface area contributed by atoms with Crippen molar-refractivity contribution in [2.24, 2.45) is 0 Å². The Balaban J connectivity index is 2.16.